The number of carbonyl (C=O) groups excluding carboxylic acids is 5. The summed E-state index contributed by atoms with van der Waals surface area (Å²) in [4.78, 5) is 76.1. The van der Waals surface area contributed by atoms with E-state index >= 15 is 9.59 Å². The molecule has 56 heavy (non-hydrogen) atoms. The normalized spacial score (nSPS) is 19.3. The Kier molecular flexibility index (Phi) is 14.7. The number of imide groups is 1. The van der Waals surface area contributed by atoms with Crippen LogP contribution in [0, 0.1) is 11.8 Å². The Morgan fingerprint density at radius 3 is 1.86 bits per heavy atom. The highest BCUT2D eigenvalue weighted by Crippen LogP contribution is 2.41. The zero-order chi connectivity index (χ0) is 41.4. The second kappa shape index (κ2) is 18.8. The molecule has 0 radical (unpaired) electrons. The van der Waals surface area contributed by atoms with Crippen LogP contribution in [-0.2, 0) is 47.0 Å². The van der Waals surface area contributed by atoms with E-state index < -0.39 is 70.9 Å². The molecular formula is C44H60N6O6. The van der Waals surface area contributed by atoms with Crippen molar-refractivity contribution in [3.05, 3.63) is 108 Å². The summed E-state index contributed by atoms with van der Waals surface area (Å²) in [6.07, 6.45) is -0.224. The van der Waals surface area contributed by atoms with Gasteiger partial charge < -0.3 is 26.4 Å². The van der Waals surface area contributed by atoms with E-state index in [0.717, 1.165) is 16.0 Å². The van der Waals surface area contributed by atoms with Crippen molar-refractivity contribution in [3.8, 4) is 0 Å². The van der Waals surface area contributed by atoms with Crippen LogP contribution in [0.3, 0.4) is 0 Å². The van der Waals surface area contributed by atoms with Crippen molar-refractivity contribution in [2.75, 3.05) is 20.2 Å². The number of hydrogen-bond donors (Lipinski definition) is 3. The number of esters is 1. The molecule has 0 saturated carbocycles. The lowest BCUT2D eigenvalue weighted by Crippen LogP contribution is -2.76. The fourth-order valence-corrected chi connectivity index (χ4v) is 7.87. The number of hydrogen-bond acceptors (Lipinski definition) is 9. The number of ether oxygens (including phenoxy) is 1. The van der Waals surface area contributed by atoms with E-state index in [1.807, 2.05) is 110 Å². The maximum atomic E-state index is 15.8. The molecule has 1 heterocycles. The quantitative estimate of drug-likeness (QED) is 0.194. The van der Waals surface area contributed by atoms with E-state index in [2.05, 4.69) is 5.32 Å². The van der Waals surface area contributed by atoms with Crippen LogP contribution in [0.4, 0.5) is 0 Å². The molecule has 4 rings (SSSR count). The van der Waals surface area contributed by atoms with E-state index in [0.29, 0.717) is 18.4 Å². The average Bonchev–Trinajstić information content (AvgIpc) is 3.31. The van der Waals surface area contributed by atoms with E-state index in [-0.39, 0.29) is 25.4 Å². The fourth-order valence-electron chi connectivity index (χ4n) is 7.87. The number of rotatable bonds is 15. The van der Waals surface area contributed by atoms with Gasteiger partial charge in [-0.1, -0.05) is 126 Å². The molecule has 5 N–H and O–H groups in total. The zero-order valence-electron chi connectivity index (χ0n) is 34.1. The SMILES string of the molecule is CCC(=O)N(C(=O)[C@@](N)(N1CC(Cc2ccccc2)C(=O)N([C@H](C)NC(=O)[C@H](C)N)C(Cc2ccccc2)C1)C(C)(C)c1ccccc1)C(C(=O)OC)C(C)C. The second-order valence-corrected chi connectivity index (χ2v) is 15.7. The summed E-state index contributed by atoms with van der Waals surface area (Å²) >= 11 is 0. The van der Waals surface area contributed by atoms with Gasteiger partial charge in [-0.3, -0.25) is 29.0 Å². The molecule has 0 aliphatic carbocycles. The maximum Gasteiger partial charge on any atom is 0.329 e. The van der Waals surface area contributed by atoms with Crippen molar-refractivity contribution in [1.29, 1.82) is 0 Å². The van der Waals surface area contributed by atoms with E-state index in [4.69, 9.17) is 16.2 Å². The molecule has 0 bridgehead atoms. The summed E-state index contributed by atoms with van der Waals surface area (Å²) in [5.41, 5.74) is 13.0. The average molecular weight is 769 g/mol. The first-order chi connectivity index (χ1) is 26.5. The van der Waals surface area contributed by atoms with Crippen LogP contribution in [0.5, 0.6) is 0 Å². The summed E-state index contributed by atoms with van der Waals surface area (Å²) in [6, 6.07) is 25.9. The Bertz CT molecular complexity index is 1800. The van der Waals surface area contributed by atoms with Gasteiger partial charge in [0.05, 0.1) is 25.1 Å². The monoisotopic (exact) mass is 768 g/mol. The van der Waals surface area contributed by atoms with Crippen LogP contribution in [0.15, 0.2) is 91.0 Å². The minimum Gasteiger partial charge on any atom is -0.467 e. The number of benzene rings is 3. The summed E-state index contributed by atoms with van der Waals surface area (Å²) < 4.78 is 5.18. The van der Waals surface area contributed by atoms with Crippen molar-refractivity contribution in [3.63, 3.8) is 0 Å². The minimum atomic E-state index is -2.03. The lowest BCUT2D eigenvalue weighted by molar-refractivity contribution is -0.170. The molecular weight excluding hydrogens is 709 g/mol. The topological polar surface area (TPSA) is 168 Å². The molecule has 0 spiro atoms. The Morgan fingerprint density at radius 2 is 1.38 bits per heavy atom. The van der Waals surface area contributed by atoms with Crippen LogP contribution >= 0.6 is 0 Å². The Labute approximate surface area is 331 Å². The predicted octanol–water partition coefficient (Wildman–Crippen LogP) is 4.01. The van der Waals surface area contributed by atoms with E-state index in [9.17, 15) is 14.4 Å². The molecule has 3 unspecified atom stereocenters. The van der Waals surface area contributed by atoms with Gasteiger partial charge in [0.15, 0.2) is 5.66 Å². The number of nitrogens with one attached hydrogen (secondary N) is 1. The van der Waals surface area contributed by atoms with Crippen LogP contribution in [0.25, 0.3) is 0 Å². The molecule has 3 aromatic rings. The molecule has 6 atom stereocenters. The van der Waals surface area contributed by atoms with Crippen LogP contribution in [0.1, 0.15) is 71.6 Å². The number of carbonyl (C=O) groups is 5. The molecule has 302 valence electrons. The van der Waals surface area contributed by atoms with Crippen LogP contribution < -0.4 is 16.8 Å². The highest BCUT2D eigenvalue weighted by molar-refractivity contribution is 6.04. The van der Waals surface area contributed by atoms with Gasteiger partial charge in [0.2, 0.25) is 17.7 Å². The minimum absolute atomic E-state index is 0.0146. The molecule has 0 aromatic heterocycles. The van der Waals surface area contributed by atoms with Gasteiger partial charge in [-0.05, 0) is 49.3 Å². The molecule has 1 fully saturated rings. The number of amides is 4. The highest BCUT2D eigenvalue weighted by Gasteiger charge is 2.59. The van der Waals surface area contributed by atoms with Gasteiger partial charge in [0.1, 0.15) is 12.2 Å². The molecule has 1 saturated heterocycles. The molecule has 3 aromatic carbocycles. The lowest BCUT2D eigenvalue weighted by atomic mass is 9.70. The van der Waals surface area contributed by atoms with Gasteiger partial charge >= 0.3 is 5.97 Å². The Morgan fingerprint density at radius 1 is 0.857 bits per heavy atom. The third-order valence-electron chi connectivity index (χ3n) is 11.1. The van der Waals surface area contributed by atoms with E-state index in [1.165, 1.54) is 7.11 Å². The van der Waals surface area contributed by atoms with Crippen molar-refractivity contribution in [2.24, 2.45) is 23.3 Å². The lowest BCUT2D eigenvalue weighted by Gasteiger charge is -2.52. The van der Waals surface area contributed by atoms with Crippen LogP contribution in [-0.4, -0.2) is 94.5 Å². The van der Waals surface area contributed by atoms with Crippen molar-refractivity contribution in [2.45, 2.75) is 103 Å². The van der Waals surface area contributed by atoms with Gasteiger partial charge in [-0.15, -0.1) is 0 Å². The van der Waals surface area contributed by atoms with E-state index in [1.54, 1.807) is 39.5 Å². The Balaban J connectivity index is 2.04. The molecule has 4 amide bonds. The summed E-state index contributed by atoms with van der Waals surface area (Å²) in [6.45, 7) is 12.2. The largest absolute Gasteiger partial charge is 0.467 e. The fraction of sp³-hybridized carbons (Fsp3) is 0.477. The molecule has 1 aliphatic rings. The smallest absolute Gasteiger partial charge is 0.329 e. The first-order valence-electron chi connectivity index (χ1n) is 19.5. The van der Waals surface area contributed by atoms with Crippen LogP contribution in [0.2, 0.25) is 0 Å². The summed E-state index contributed by atoms with van der Waals surface area (Å²) in [5.74, 6) is -4.04. The third-order valence-corrected chi connectivity index (χ3v) is 11.1. The maximum absolute atomic E-state index is 15.8. The summed E-state index contributed by atoms with van der Waals surface area (Å²) in [7, 11) is 1.23. The predicted molar refractivity (Wildman–Crippen MR) is 216 cm³/mol. The van der Waals surface area contributed by atoms with Gasteiger partial charge in [0, 0.05) is 24.9 Å². The molecule has 12 heteroatoms. The molecule has 1 aliphatic heterocycles. The van der Waals surface area contributed by atoms with Crippen molar-refractivity contribution in [1.82, 2.24) is 20.0 Å². The number of nitrogens with zero attached hydrogens (tertiary/aromatic N) is 3. The summed E-state index contributed by atoms with van der Waals surface area (Å²) in [5, 5.41) is 2.95. The van der Waals surface area contributed by atoms with Crippen molar-refractivity contribution >= 4 is 29.6 Å². The van der Waals surface area contributed by atoms with Crippen molar-refractivity contribution < 1.29 is 28.7 Å². The van der Waals surface area contributed by atoms with Gasteiger partial charge in [0.25, 0.3) is 5.91 Å². The first kappa shape index (κ1) is 43.8. The highest BCUT2D eigenvalue weighted by atomic mass is 16.5. The zero-order valence-corrected chi connectivity index (χ0v) is 34.1. The standard InChI is InChI=1S/C44H60N6O6/c1-9-37(51)50(38(29(2)3)41(54)56-8)42(55)44(46,43(6,7)35-23-17-12-18-24-35)48-27-34(25-32-19-13-10-14-20-32)40(53)49(31(5)47-39(52)30(4)45)36(28-48)26-33-21-15-11-16-22-33/h10-24,29-31,34,36,38H,9,25-28,45-46H2,1-8H3,(H,47,52)/t30-,31+,34?,36?,38?,44+/m0/s1. The third kappa shape index (κ3) is 9.37. The van der Waals surface area contributed by atoms with Gasteiger partial charge in [-0.2, -0.15) is 0 Å². The number of methoxy groups -OCH3 is 1. The first-order valence-corrected chi connectivity index (χ1v) is 19.5. The second-order valence-electron chi connectivity index (χ2n) is 15.7. The number of nitrogens with two attached hydrogens (primary N) is 2. The van der Waals surface area contributed by atoms with Gasteiger partial charge in [-0.25, -0.2) is 4.79 Å². The Hall–Kier alpha value is -4.91. The molecule has 12 nitrogen and oxygen atoms in total.